The van der Waals surface area contributed by atoms with Gasteiger partial charge in [-0.3, -0.25) is 4.57 Å². The lowest BCUT2D eigenvalue weighted by Crippen LogP contribution is -2.23. The molecule has 0 amide bonds. The van der Waals surface area contributed by atoms with Crippen LogP contribution < -0.4 is 0 Å². The average Bonchev–Trinajstić information content (AvgIpc) is 3.26. The Morgan fingerprint density at radius 2 is 1.42 bits per heavy atom. The van der Waals surface area contributed by atoms with Gasteiger partial charge in [-0.05, 0) is 51.0 Å². The van der Waals surface area contributed by atoms with Crippen molar-refractivity contribution in [1.29, 1.82) is 0 Å². The Hall–Kier alpha value is -4.43. The van der Waals surface area contributed by atoms with E-state index in [1.165, 1.54) is 65.6 Å². The topological polar surface area (TPSA) is 17.8 Å². The van der Waals surface area contributed by atoms with E-state index in [4.69, 9.17) is 4.98 Å². The van der Waals surface area contributed by atoms with Crippen molar-refractivity contribution in [3.8, 4) is 16.9 Å². The molecule has 1 aliphatic carbocycles. The molecule has 5 aromatic carbocycles. The van der Waals surface area contributed by atoms with E-state index in [-0.39, 0.29) is 5.41 Å². The van der Waals surface area contributed by atoms with Gasteiger partial charge in [0.25, 0.3) is 0 Å². The van der Waals surface area contributed by atoms with Crippen LogP contribution in [-0.4, -0.2) is 9.55 Å². The smallest absolute Gasteiger partial charge is 0.137 e. The number of hydrogen-bond donors (Lipinski definition) is 0. The molecule has 0 atom stereocenters. The molecular formula is C34H24N2. The Labute approximate surface area is 209 Å². The van der Waals surface area contributed by atoms with Gasteiger partial charge in [-0.1, -0.05) is 98.8 Å². The summed E-state index contributed by atoms with van der Waals surface area (Å²) in [5.74, 6) is 0.945. The molecule has 0 aliphatic heterocycles. The molecule has 0 saturated carbocycles. The lowest BCUT2D eigenvalue weighted by molar-refractivity contribution is 0.645. The third-order valence-corrected chi connectivity index (χ3v) is 8.20. The first-order valence-corrected chi connectivity index (χ1v) is 12.6. The predicted octanol–water partition coefficient (Wildman–Crippen LogP) is 8.79. The van der Waals surface area contributed by atoms with Crippen LogP contribution in [0, 0.1) is 0 Å². The molecule has 0 N–H and O–H groups in total. The van der Waals surface area contributed by atoms with Crippen molar-refractivity contribution in [2.24, 2.45) is 0 Å². The van der Waals surface area contributed by atoms with Crippen molar-refractivity contribution in [3.05, 3.63) is 120 Å². The molecule has 1 aliphatic rings. The summed E-state index contributed by atoms with van der Waals surface area (Å²) >= 11 is 0. The zero-order valence-corrected chi connectivity index (χ0v) is 20.3. The maximum Gasteiger partial charge on any atom is 0.137 e. The standard InChI is InChI=1S/C34H24N2/c1-34(2)26-14-6-5-13-24(26)32-30-22(11-9-15-27(30)34)20-28-31(32)25-18-17-21-10-3-4-12-23(21)33(25)36(28)29-16-7-8-19-35-29/h3-20H,1-2H3. The van der Waals surface area contributed by atoms with Crippen LogP contribution in [0.4, 0.5) is 0 Å². The molecule has 2 heterocycles. The molecule has 0 radical (unpaired) electrons. The Kier molecular flexibility index (Phi) is 3.76. The van der Waals surface area contributed by atoms with Crippen molar-refractivity contribution in [2.45, 2.75) is 19.3 Å². The number of nitrogens with zero attached hydrogens (tertiary/aromatic N) is 2. The van der Waals surface area contributed by atoms with Gasteiger partial charge in [0.15, 0.2) is 0 Å². The highest BCUT2D eigenvalue weighted by Gasteiger charge is 2.35. The summed E-state index contributed by atoms with van der Waals surface area (Å²) in [6.45, 7) is 4.72. The highest BCUT2D eigenvalue weighted by Crippen LogP contribution is 2.53. The molecule has 0 unspecified atom stereocenters. The van der Waals surface area contributed by atoms with Crippen LogP contribution in [-0.2, 0) is 5.41 Å². The lowest BCUT2D eigenvalue weighted by atomic mass is 9.68. The second kappa shape index (κ2) is 6.83. The third kappa shape index (κ3) is 2.39. The fourth-order valence-corrected chi connectivity index (χ4v) is 6.61. The van der Waals surface area contributed by atoms with Crippen LogP contribution in [0.3, 0.4) is 0 Å². The molecular weight excluding hydrogens is 436 g/mol. The zero-order chi connectivity index (χ0) is 24.0. The Balaban J connectivity index is 1.72. The Morgan fingerprint density at radius 3 is 2.31 bits per heavy atom. The van der Waals surface area contributed by atoms with Crippen LogP contribution in [0.5, 0.6) is 0 Å². The van der Waals surface area contributed by atoms with Crippen molar-refractivity contribution in [2.75, 3.05) is 0 Å². The first-order chi connectivity index (χ1) is 17.6. The van der Waals surface area contributed by atoms with E-state index in [1.807, 2.05) is 12.3 Å². The summed E-state index contributed by atoms with van der Waals surface area (Å²) < 4.78 is 2.37. The van der Waals surface area contributed by atoms with E-state index in [2.05, 4.69) is 115 Å². The number of fused-ring (bicyclic) bond motifs is 8. The van der Waals surface area contributed by atoms with Crippen LogP contribution in [0.15, 0.2) is 109 Å². The Bertz CT molecular complexity index is 2010. The predicted molar refractivity (Wildman–Crippen MR) is 151 cm³/mol. The molecule has 2 nitrogen and oxygen atoms in total. The fourth-order valence-electron chi connectivity index (χ4n) is 6.61. The molecule has 0 saturated heterocycles. The minimum absolute atomic E-state index is 0.0666. The molecule has 170 valence electrons. The Morgan fingerprint density at radius 1 is 0.639 bits per heavy atom. The van der Waals surface area contributed by atoms with E-state index in [0.717, 1.165) is 5.82 Å². The van der Waals surface area contributed by atoms with Gasteiger partial charge in [-0.25, -0.2) is 4.98 Å². The number of rotatable bonds is 1. The van der Waals surface area contributed by atoms with Crippen LogP contribution in [0.25, 0.3) is 60.3 Å². The van der Waals surface area contributed by atoms with Crippen LogP contribution in [0.2, 0.25) is 0 Å². The largest absolute Gasteiger partial charge is 0.293 e. The van der Waals surface area contributed by atoms with Gasteiger partial charge in [0, 0.05) is 33.3 Å². The third-order valence-electron chi connectivity index (χ3n) is 8.20. The molecule has 0 bridgehead atoms. The molecule has 7 aromatic rings. The summed E-state index contributed by atoms with van der Waals surface area (Å²) in [6, 6.07) is 37.6. The zero-order valence-electron chi connectivity index (χ0n) is 20.3. The van der Waals surface area contributed by atoms with Gasteiger partial charge >= 0.3 is 0 Å². The minimum Gasteiger partial charge on any atom is -0.293 e. The first-order valence-electron chi connectivity index (χ1n) is 12.6. The summed E-state index contributed by atoms with van der Waals surface area (Å²) in [7, 11) is 0. The summed E-state index contributed by atoms with van der Waals surface area (Å²) in [6.07, 6.45) is 1.89. The van der Waals surface area contributed by atoms with Crippen LogP contribution >= 0.6 is 0 Å². The molecule has 2 heteroatoms. The normalized spacial score (nSPS) is 14.1. The maximum atomic E-state index is 4.83. The number of benzene rings is 5. The molecule has 0 spiro atoms. The number of aromatic nitrogens is 2. The number of hydrogen-bond acceptors (Lipinski definition) is 1. The minimum atomic E-state index is -0.0666. The fraction of sp³-hybridized carbons (Fsp3) is 0.0882. The quantitative estimate of drug-likeness (QED) is 0.239. The van der Waals surface area contributed by atoms with Crippen molar-refractivity contribution < 1.29 is 0 Å². The van der Waals surface area contributed by atoms with Gasteiger partial charge in [-0.15, -0.1) is 0 Å². The van der Waals surface area contributed by atoms with Crippen molar-refractivity contribution >= 4 is 43.4 Å². The molecule has 36 heavy (non-hydrogen) atoms. The summed E-state index contributed by atoms with van der Waals surface area (Å²) in [5, 5.41) is 7.73. The second-order valence-electron chi connectivity index (χ2n) is 10.4. The van der Waals surface area contributed by atoms with E-state index in [0.29, 0.717) is 0 Å². The van der Waals surface area contributed by atoms with Crippen molar-refractivity contribution in [1.82, 2.24) is 9.55 Å². The van der Waals surface area contributed by atoms with Gasteiger partial charge in [0.1, 0.15) is 5.82 Å². The highest BCUT2D eigenvalue weighted by molar-refractivity contribution is 6.28. The monoisotopic (exact) mass is 460 g/mol. The van der Waals surface area contributed by atoms with Gasteiger partial charge < -0.3 is 0 Å². The highest BCUT2D eigenvalue weighted by atomic mass is 15.1. The van der Waals surface area contributed by atoms with Gasteiger partial charge in [0.05, 0.1) is 11.0 Å². The maximum absolute atomic E-state index is 4.83. The molecule has 8 rings (SSSR count). The van der Waals surface area contributed by atoms with E-state index >= 15 is 0 Å². The van der Waals surface area contributed by atoms with Gasteiger partial charge in [0.2, 0.25) is 0 Å². The first kappa shape index (κ1) is 19.8. The summed E-state index contributed by atoms with van der Waals surface area (Å²) in [5.41, 5.74) is 7.83. The van der Waals surface area contributed by atoms with E-state index < -0.39 is 0 Å². The average molecular weight is 461 g/mol. The SMILES string of the molecule is CC1(C)c2ccccc2-c2c3c1cccc3cc1c2c2ccc3ccccc3c2n1-c1ccccn1. The molecule has 0 fully saturated rings. The molecule has 2 aromatic heterocycles. The number of pyridine rings is 1. The second-order valence-corrected chi connectivity index (χ2v) is 10.4. The van der Waals surface area contributed by atoms with Crippen molar-refractivity contribution in [3.63, 3.8) is 0 Å². The van der Waals surface area contributed by atoms with E-state index in [1.54, 1.807) is 0 Å². The summed E-state index contributed by atoms with van der Waals surface area (Å²) in [4.78, 5) is 4.83. The van der Waals surface area contributed by atoms with E-state index in [9.17, 15) is 0 Å². The van der Waals surface area contributed by atoms with Gasteiger partial charge in [-0.2, -0.15) is 0 Å². The van der Waals surface area contributed by atoms with Crippen LogP contribution in [0.1, 0.15) is 25.0 Å². The lowest BCUT2D eigenvalue weighted by Gasteiger charge is -2.35.